The monoisotopic (exact) mass is 408 g/mol. The first-order valence-electron chi connectivity index (χ1n) is 9.19. The molecule has 1 heterocycles. The van der Waals surface area contributed by atoms with Gasteiger partial charge < -0.3 is 15.4 Å². The molecule has 0 unspecified atom stereocenters. The van der Waals surface area contributed by atoms with Crippen molar-refractivity contribution in [3.8, 4) is 0 Å². The van der Waals surface area contributed by atoms with Crippen molar-refractivity contribution in [3.05, 3.63) is 88.4 Å². The average Bonchev–Trinajstić information content (AvgIpc) is 3.29. The number of nitrogens with zero attached hydrogens (tertiary/aromatic N) is 1. The minimum Gasteiger partial charge on any atom is -0.453 e. The zero-order chi connectivity index (χ0) is 20.5. The van der Waals surface area contributed by atoms with Gasteiger partial charge in [-0.3, -0.25) is 4.79 Å². The van der Waals surface area contributed by atoms with Crippen LogP contribution in [0.3, 0.4) is 0 Å². The summed E-state index contributed by atoms with van der Waals surface area (Å²) in [4.78, 5) is 29.2. The molecule has 3 aromatic rings. The molecular weight excluding hydrogens is 386 g/mol. The van der Waals surface area contributed by atoms with Gasteiger partial charge >= 0.3 is 6.09 Å². The van der Waals surface area contributed by atoms with Crippen LogP contribution in [0.1, 0.15) is 22.2 Å². The van der Waals surface area contributed by atoms with Gasteiger partial charge in [0.25, 0.3) is 0 Å². The minimum atomic E-state index is -0.767. The summed E-state index contributed by atoms with van der Waals surface area (Å²) in [5, 5.41) is 8.36. The van der Waals surface area contributed by atoms with E-state index in [4.69, 9.17) is 4.74 Å². The SMILES string of the molecule is COC(=O)N[C@@H](Cc1ccccc1)C(=O)N[C@@H](Cc1cc[c]cc1)c1nccs1. The van der Waals surface area contributed by atoms with Crippen molar-refractivity contribution in [1.29, 1.82) is 0 Å². The Balaban J connectivity index is 1.77. The van der Waals surface area contributed by atoms with Crippen molar-refractivity contribution in [2.75, 3.05) is 7.11 Å². The van der Waals surface area contributed by atoms with Crippen molar-refractivity contribution in [2.45, 2.75) is 24.9 Å². The molecule has 0 bridgehead atoms. The fourth-order valence-electron chi connectivity index (χ4n) is 2.93. The summed E-state index contributed by atoms with van der Waals surface area (Å²) in [6.07, 6.45) is 2.01. The van der Waals surface area contributed by atoms with Crippen LogP contribution in [-0.2, 0) is 22.4 Å². The van der Waals surface area contributed by atoms with Crippen molar-refractivity contribution in [1.82, 2.24) is 15.6 Å². The quantitative estimate of drug-likeness (QED) is 0.599. The second kappa shape index (κ2) is 10.4. The number of hydrogen-bond donors (Lipinski definition) is 2. The molecule has 0 aliphatic carbocycles. The van der Waals surface area contributed by atoms with Crippen LogP contribution in [0.2, 0.25) is 0 Å². The molecule has 7 heteroatoms. The van der Waals surface area contributed by atoms with E-state index in [2.05, 4.69) is 21.7 Å². The largest absolute Gasteiger partial charge is 0.453 e. The van der Waals surface area contributed by atoms with Gasteiger partial charge in [-0.2, -0.15) is 0 Å². The molecule has 0 aliphatic heterocycles. The third-order valence-electron chi connectivity index (χ3n) is 4.37. The number of amides is 2. The molecule has 149 valence electrons. The highest BCUT2D eigenvalue weighted by Gasteiger charge is 2.26. The Morgan fingerprint density at radius 3 is 2.45 bits per heavy atom. The van der Waals surface area contributed by atoms with Gasteiger partial charge in [-0.25, -0.2) is 9.78 Å². The van der Waals surface area contributed by atoms with Crippen LogP contribution in [0.15, 0.2) is 66.2 Å². The highest BCUT2D eigenvalue weighted by Crippen LogP contribution is 2.21. The summed E-state index contributed by atoms with van der Waals surface area (Å²) >= 11 is 1.48. The molecule has 0 saturated heterocycles. The van der Waals surface area contributed by atoms with Crippen molar-refractivity contribution >= 4 is 23.3 Å². The van der Waals surface area contributed by atoms with Crippen LogP contribution in [-0.4, -0.2) is 30.1 Å². The third-order valence-corrected chi connectivity index (χ3v) is 5.26. The minimum absolute atomic E-state index is 0.290. The lowest BCUT2D eigenvalue weighted by Gasteiger charge is -2.22. The number of alkyl carbamates (subject to hydrolysis) is 1. The van der Waals surface area contributed by atoms with E-state index in [1.165, 1.54) is 18.4 Å². The van der Waals surface area contributed by atoms with Gasteiger partial charge in [-0.15, -0.1) is 11.3 Å². The topological polar surface area (TPSA) is 80.3 Å². The Morgan fingerprint density at radius 2 is 1.79 bits per heavy atom. The van der Waals surface area contributed by atoms with E-state index in [1.807, 2.05) is 60.0 Å². The lowest BCUT2D eigenvalue weighted by atomic mass is 10.0. The number of hydrogen-bond acceptors (Lipinski definition) is 5. The van der Waals surface area contributed by atoms with Gasteiger partial charge in [0, 0.05) is 18.0 Å². The van der Waals surface area contributed by atoms with Crippen LogP contribution in [0.25, 0.3) is 0 Å². The first kappa shape index (κ1) is 20.5. The van der Waals surface area contributed by atoms with Gasteiger partial charge in [-0.05, 0) is 23.6 Å². The van der Waals surface area contributed by atoms with Crippen molar-refractivity contribution in [2.24, 2.45) is 0 Å². The summed E-state index contributed by atoms with van der Waals surface area (Å²) in [5.41, 5.74) is 2.00. The van der Waals surface area contributed by atoms with E-state index in [0.29, 0.717) is 12.8 Å². The second-order valence-electron chi connectivity index (χ2n) is 6.42. The fraction of sp³-hybridized carbons (Fsp3) is 0.227. The summed E-state index contributed by atoms with van der Waals surface area (Å²) in [5.74, 6) is -0.290. The van der Waals surface area contributed by atoms with E-state index in [-0.39, 0.29) is 11.9 Å². The Kier molecular flexibility index (Phi) is 7.35. The first-order valence-corrected chi connectivity index (χ1v) is 10.1. The van der Waals surface area contributed by atoms with Crippen LogP contribution in [0, 0.1) is 6.07 Å². The molecule has 3 rings (SSSR count). The van der Waals surface area contributed by atoms with Gasteiger partial charge in [0.05, 0.1) is 13.2 Å². The molecule has 2 amide bonds. The number of nitrogens with one attached hydrogen (secondary N) is 2. The molecule has 2 aromatic carbocycles. The molecule has 0 spiro atoms. The molecular formula is C22H22N3O3S. The molecule has 1 aromatic heterocycles. The number of carbonyl (C=O) groups excluding carboxylic acids is 2. The predicted molar refractivity (Wildman–Crippen MR) is 111 cm³/mol. The molecule has 2 N–H and O–H groups in total. The Morgan fingerprint density at radius 1 is 1.07 bits per heavy atom. The van der Waals surface area contributed by atoms with E-state index >= 15 is 0 Å². The Hall–Kier alpha value is -3.19. The highest BCUT2D eigenvalue weighted by molar-refractivity contribution is 7.09. The lowest BCUT2D eigenvalue weighted by Crippen LogP contribution is -2.49. The average molecular weight is 409 g/mol. The van der Waals surface area contributed by atoms with Crippen LogP contribution < -0.4 is 10.6 Å². The normalized spacial score (nSPS) is 12.6. The zero-order valence-corrected chi connectivity index (χ0v) is 16.8. The lowest BCUT2D eigenvalue weighted by molar-refractivity contribution is -0.123. The van der Waals surface area contributed by atoms with Crippen LogP contribution in [0.4, 0.5) is 4.79 Å². The number of carbonyl (C=O) groups is 2. The predicted octanol–water partition coefficient (Wildman–Crippen LogP) is 3.31. The Labute approximate surface area is 173 Å². The van der Waals surface area contributed by atoms with Crippen molar-refractivity contribution < 1.29 is 14.3 Å². The molecule has 0 aliphatic rings. The van der Waals surface area contributed by atoms with Gasteiger partial charge in [-0.1, -0.05) is 54.6 Å². The number of thiazole rings is 1. The van der Waals surface area contributed by atoms with Gasteiger partial charge in [0.2, 0.25) is 5.91 Å². The molecule has 29 heavy (non-hydrogen) atoms. The third kappa shape index (κ3) is 6.15. The van der Waals surface area contributed by atoms with Crippen molar-refractivity contribution in [3.63, 3.8) is 0 Å². The zero-order valence-electron chi connectivity index (χ0n) is 16.0. The van der Waals surface area contributed by atoms with E-state index in [9.17, 15) is 9.59 Å². The van der Waals surface area contributed by atoms with E-state index < -0.39 is 12.1 Å². The number of benzene rings is 2. The summed E-state index contributed by atoms with van der Waals surface area (Å²) in [7, 11) is 1.28. The van der Waals surface area contributed by atoms with E-state index in [0.717, 1.165) is 16.1 Å². The van der Waals surface area contributed by atoms with Crippen LogP contribution in [0.5, 0.6) is 0 Å². The van der Waals surface area contributed by atoms with E-state index in [1.54, 1.807) is 6.20 Å². The molecule has 0 fully saturated rings. The number of rotatable bonds is 8. The maximum absolute atomic E-state index is 13.1. The smallest absolute Gasteiger partial charge is 0.407 e. The fourth-order valence-corrected chi connectivity index (χ4v) is 3.62. The highest BCUT2D eigenvalue weighted by atomic mass is 32.1. The van der Waals surface area contributed by atoms with Gasteiger partial charge in [0.1, 0.15) is 11.0 Å². The first-order chi connectivity index (χ1) is 14.2. The molecule has 2 atom stereocenters. The maximum atomic E-state index is 13.1. The standard InChI is InChI=1S/C22H22N3O3S/c1-28-22(27)25-18(14-16-8-4-2-5-9-16)20(26)24-19(21-23-12-13-29-21)15-17-10-6-3-7-11-17/h2,4-13,18-19H,14-15H2,1H3,(H,24,26)(H,25,27)/t18-,19-/m0/s1. The molecule has 0 saturated carbocycles. The van der Waals surface area contributed by atoms with Gasteiger partial charge in [0.15, 0.2) is 0 Å². The summed E-state index contributed by atoms with van der Waals surface area (Å²) in [6, 6.07) is 19.0. The van der Waals surface area contributed by atoms with Crippen LogP contribution >= 0.6 is 11.3 Å². The summed E-state index contributed by atoms with van der Waals surface area (Å²) < 4.78 is 4.70. The maximum Gasteiger partial charge on any atom is 0.407 e. The number of ether oxygens (including phenoxy) is 1. The second-order valence-corrected chi connectivity index (χ2v) is 7.35. The number of aromatic nitrogens is 1. The molecule has 6 nitrogen and oxygen atoms in total. The Bertz CT molecular complexity index is 902. The number of methoxy groups -OCH3 is 1. The molecule has 1 radical (unpaired) electrons. The summed E-state index contributed by atoms with van der Waals surface area (Å²) in [6.45, 7) is 0.